The van der Waals surface area contributed by atoms with E-state index < -0.39 is 17.8 Å². The second-order valence-electron chi connectivity index (χ2n) is 8.88. The van der Waals surface area contributed by atoms with E-state index in [1.165, 1.54) is 6.07 Å². The van der Waals surface area contributed by atoms with Gasteiger partial charge in [-0.3, -0.25) is 9.69 Å². The highest BCUT2D eigenvalue weighted by Crippen LogP contribution is 2.44. The molecule has 1 N–H and O–H groups in total. The first-order valence-corrected chi connectivity index (χ1v) is 10.6. The number of nitrogens with zero attached hydrogens (tertiary/aromatic N) is 2. The number of hydrogen-bond donors (Lipinski definition) is 1. The molecule has 2 aromatic carbocycles. The van der Waals surface area contributed by atoms with Crippen LogP contribution in [0.5, 0.6) is 0 Å². The standard InChI is InChI=1S/C24H25ClFN3O2/c1-14-12-24(2,3)28(4)21-11-18(25)16(9-17(14)21)10-20-22(30)29(23(31)27-20)13-15-7-5-6-8-19(15)26/h5-11,14H,12-13H2,1-4H3,(H,27,31)/b20-10-/t14-/m1/s1. The van der Waals surface area contributed by atoms with Gasteiger partial charge in [0.1, 0.15) is 11.5 Å². The number of nitrogens with one attached hydrogen (secondary N) is 1. The van der Waals surface area contributed by atoms with Crippen LogP contribution in [-0.2, 0) is 11.3 Å². The number of anilines is 1. The smallest absolute Gasteiger partial charge is 0.329 e. The minimum Gasteiger partial charge on any atom is -0.369 e. The zero-order chi connectivity index (χ0) is 22.5. The third-order valence-electron chi connectivity index (χ3n) is 6.30. The van der Waals surface area contributed by atoms with Crippen molar-refractivity contribution in [2.75, 3.05) is 11.9 Å². The Morgan fingerprint density at radius 1 is 1.26 bits per heavy atom. The van der Waals surface area contributed by atoms with Gasteiger partial charge in [0.25, 0.3) is 5.91 Å². The van der Waals surface area contributed by atoms with Gasteiger partial charge in [0.15, 0.2) is 0 Å². The SMILES string of the molecule is C[C@@H]1CC(C)(C)N(C)c2cc(Cl)c(/C=C3\NC(=O)N(Cc4ccccc4F)C3=O)cc21. The Kier molecular flexibility index (Phi) is 5.30. The van der Waals surface area contributed by atoms with Crippen LogP contribution in [0.3, 0.4) is 0 Å². The summed E-state index contributed by atoms with van der Waals surface area (Å²) in [5.74, 6) is -0.644. The molecule has 2 aliphatic heterocycles. The number of halogens is 2. The van der Waals surface area contributed by atoms with Crippen molar-refractivity contribution < 1.29 is 14.0 Å². The number of benzene rings is 2. The second kappa shape index (κ2) is 7.68. The molecule has 7 heteroatoms. The maximum absolute atomic E-state index is 14.0. The lowest BCUT2D eigenvalue weighted by atomic mass is 9.80. The van der Waals surface area contributed by atoms with Crippen molar-refractivity contribution >= 4 is 35.3 Å². The number of imide groups is 1. The number of fused-ring (bicyclic) bond motifs is 1. The minimum absolute atomic E-state index is 0.0122. The van der Waals surface area contributed by atoms with E-state index in [1.807, 2.05) is 12.1 Å². The summed E-state index contributed by atoms with van der Waals surface area (Å²) < 4.78 is 14.0. The number of amides is 3. The molecular formula is C24H25ClFN3O2. The van der Waals surface area contributed by atoms with E-state index in [4.69, 9.17) is 11.6 Å². The third kappa shape index (κ3) is 3.81. The van der Waals surface area contributed by atoms with Crippen molar-refractivity contribution in [3.63, 3.8) is 0 Å². The number of carbonyl (C=O) groups excluding carboxylic acids is 2. The van der Waals surface area contributed by atoms with Gasteiger partial charge in [-0.25, -0.2) is 9.18 Å². The van der Waals surface area contributed by atoms with Crippen molar-refractivity contribution in [1.29, 1.82) is 0 Å². The third-order valence-corrected chi connectivity index (χ3v) is 6.63. The fourth-order valence-electron chi connectivity index (χ4n) is 4.38. The van der Waals surface area contributed by atoms with Gasteiger partial charge in [0.05, 0.1) is 6.54 Å². The summed E-state index contributed by atoms with van der Waals surface area (Å²) in [5, 5.41) is 3.09. The lowest BCUT2D eigenvalue weighted by molar-refractivity contribution is -0.123. The predicted octanol–water partition coefficient (Wildman–Crippen LogP) is 5.29. The maximum atomic E-state index is 14.0. The highest BCUT2D eigenvalue weighted by molar-refractivity contribution is 6.32. The van der Waals surface area contributed by atoms with E-state index in [0.29, 0.717) is 16.5 Å². The van der Waals surface area contributed by atoms with Crippen LogP contribution in [0.2, 0.25) is 5.02 Å². The van der Waals surface area contributed by atoms with Gasteiger partial charge in [-0.1, -0.05) is 36.7 Å². The molecule has 2 heterocycles. The Balaban J connectivity index is 1.65. The molecular weight excluding hydrogens is 417 g/mol. The Hall–Kier alpha value is -2.86. The Morgan fingerprint density at radius 2 is 1.97 bits per heavy atom. The van der Waals surface area contributed by atoms with Crippen molar-refractivity contribution in [3.8, 4) is 0 Å². The zero-order valence-corrected chi connectivity index (χ0v) is 18.8. The van der Waals surface area contributed by atoms with Crippen LogP contribution in [0, 0.1) is 5.82 Å². The molecule has 0 unspecified atom stereocenters. The van der Waals surface area contributed by atoms with Crippen molar-refractivity contribution in [2.24, 2.45) is 0 Å². The van der Waals surface area contributed by atoms with Gasteiger partial charge >= 0.3 is 6.03 Å². The van der Waals surface area contributed by atoms with Gasteiger partial charge in [-0.2, -0.15) is 0 Å². The molecule has 162 valence electrons. The summed E-state index contributed by atoms with van der Waals surface area (Å²) in [6, 6.07) is 9.41. The molecule has 0 spiro atoms. The Morgan fingerprint density at radius 3 is 2.68 bits per heavy atom. The van der Waals surface area contributed by atoms with Crippen molar-refractivity contribution in [3.05, 3.63) is 69.6 Å². The van der Waals surface area contributed by atoms with Crippen molar-refractivity contribution in [1.82, 2.24) is 10.2 Å². The van der Waals surface area contributed by atoms with E-state index in [0.717, 1.165) is 22.6 Å². The molecule has 1 atom stereocenters. The summed E-state index contributed by atoms with van der Waals surface area (Å²) in [7, 11) is 2.06. The average Bonchev–Trinajstić information content (AvgIpc) is 2.96. The zero-order valence-electron chi connectivity index (χ0n) is 18.0. The van der Waals surface area contributed by atoms with E-state index >= 15 is 0 Å². The van der Waals surface area contributed by atoms with Crippen molar-refractivity contribution in [2.45, 2.75) is 45.2 Å². The number of hydrogen-bond acceptors (Lipinski definition) is 3. The summed E-state index contributed by atoms with van der Waals surface area (Å²) >= 11 is 6.56. The Labute approximate surface area is 186 Å². The topological polar surface area (TPSA) is 52.7 Å². The van der Waals surface area contributed by atoms with E-state index in [1.54, 1.807) is 24.3 Å². The van der Waals surface area contributed by atoms with Crippen LogP contribution < -0.4 is 10.2 Å². The molecule has 1 fully saturated rings. The highest BCUT2D eigenvalue weighted by atomic mass is 35.5. The monoisotopic (exact) mass is 441 g/mol. The molecule has 2 aromatic rings. The van der Waals surface area contributed by atoms with E-state index in [9.17, 15) is 14.0 Å². The number of rotatable bonds is 3. The molecule has 1 saturated heterocycles. The fourth-order valence-corrected chi connectivity index (χ4v) is 4.60. The summed E-state index contributed by atoms with van der Waals surface area (Å²) in [5.41, 5.74) is 3.30. The van der Waals surface area contributed by atoms with E-state index in [-0.39, 0.29) is 23.3 Å². The molecule has 4 rings (SSSR count). The normalized spacial score (nSPS) is 21.5. The highest BCUT2D eigenvalue weighted by Gasteiger charge is 2.36. The van der Waals surface area contributed by atoms with Gasteiger partial charge in [-0.05, 0) is 61.6 Å². The average molecular weight is 442 g/mol. The second-order valence-corrected chi connectivity index (χ2v) is 9.29. The molecule has 31 heavy (non-hydrogen) atoms. The van der Waals surface area contributed by atoms with Crippen LogP contribution in [0.25, 0.3) is 6.08 Å². The van der Waals surface area contributed by atoms with Gasteiger partial charge in [0, 0.05) is 28.9 Å². The van der Waals surface area contributed by atoms with Crippen LogP contribution in [0.1, 0.15) is 49.8 Å². The molecule has 0 bridgehead atoms. The summed E-state index contributed by atoms with van der Waals surface area (Å²) in [6.45, 7) is 6.45. The molecule has 0 aromatic heterocycles. The first kappa shape index (κ1) is 21.4. The Bertz CT molecular complexity index is 1110. The number of urea groups is 1. The summed E-state index contributed by atoms with van der Waals surface area (Å²) in [4.78, 5) is 28.4. The largest absolute Gasteiger partial charge is 0.369 e. The van der Waals surface area contributed by atoms with Crippen LogP contribution >= 0.6 is 11.6 Å². The lowest BCUT2D eigenvalue weighted by Gasteiger charge is -2.45. The van der Waals surface area contributed by atoms with Gasteiger partial charge in [-0.15, -0.1) is 0 Å². The van der Waals surface area contributed by atoms with Crippen LogP contribution in [0.4, 0.5) is 14.9 Å². The molecule has 3 amide bonds. The lowest BCUT2D eigenvalue weighted by Crippen LogP contribution is -2.45. The van der Waals surface area contributed by atoms with Gasteiger partial charge in [0.2, 0.25) is 0 Å². The van der Waals surface area contributed by atoms with Crippen LogP contribution in [-0.4, -0.2) is 29.4 Å². The quantitative estimate of drug-likeness (QED) is 0.519. The van der Waals surface area contributed by atoms with E-state index in [2.05, 4.69) is 38.0 Å². The van der Waals surface area contributed by atoms with Crippen LogP contribution in [0.15, 0.2) is 42.1 Å². The molecule has 0 saturated carbocycles. The summed E-state index contributed by atoms with van der Waals surface area (Å²) in [6.07, 6.45) is 2.58. The maximum Gasteiger partial charge on any atom is 0.329 e. The minimum atomic E-state index is -0.580. The number of carbonyl (C=O) groups is 2. The van der Waals surface area contributed by atoms with Gasteiger partial charge < -0.3 is 10.2 Å². The molecule has 2 aliphatic rings. The molecule has 0 radical (unpaired) electrons. The first-order valence-electron chi connectivity index (χ1n) is 10.2. The molecule has 0 aliphatic carbocycles. The molecule has 5 nitrogen and oxygen atoms in total. The fraction of sp³-hybridized carbons (Fsp3) is 0.333. The predicted molar refractivity (Wildman–Crippen MR) is 120 cm³/mol. The first-order chi connectivity index (χ1) is 14.6.